The summed E-state index contributed by atoms with van der Waals surface area (Å²) in [5, 5.41) is 9.34. The Morgan fingerprint density at radius 1 is 1.10 bits per heavy atom. The summed E-state index contributed by atoms with van der Waals surface area (Å²) in [6.45, 7) is 6.09. The number of aryl methyl sites for hydroxylation is 1. The molecule has 0 aliphatic heterocycles. The van der Waals surface area contributed by atoms with E-state index in [0.717, 1.165) is 5.56 Å². The molecule has 0 aliphatic rings. The van der Waals surface area contributed by atoms with Crippen LogP contribution in [0.4, 0.5) is 17.1 Å². The third-order valence-electron chi connectivity index (χ3n) is 4.80. The Morgan fingerprint density at radius 3 is 2.35 bits per heavy atom. The second-order valence-corrected chi connectivity index (χ2v) is 9.10. The SMILES string of the molecule is CCN(CC)S(=O)(=O)c1ccc(NC)c(NCC(=O)Nc2cc(C)c(Cl)cc2OC)c1. The van der Waals surface area contributed by atoms with Gasteiger partial charge in [0.1, 0.15) is 5.75 Å². The van der Waals surface area contributed by atoms with E-state index >= 15 is 0 Å². The molecule has 1 amide bonds. The number of hydrogen-bond acceptors (Lipinski definition) is 6. The summed E-state index contributed by atoms with van der Waals surface area (Å²) in [7, 11) is -0.399. The monoisotopic (exact) mass is 468 g/mol. The highest BCUT2D eigenvalue weighted by Gasteiger charge is 2.22. The van der Waals surface area contributed by atoms with E-state index < -0.39 is 10.0 Å². The summed E-state index contributed by atoms with van der Waals surface area (Å²) in [6.07, 6.45) is 0. The molecule has 0 spiro atoms. The summed E-state index contributed by atoms with van der Waals surface area (Å²) in [6, 6.07) is 8.12. The Kier molecular flexibility index (Phi) is 8.55. The van der Waals surface area contributed by atoms with Gasteiger partial charge in [-0.05, 0) is 36.8 Å². The maximum Gasteiger partial charge on any atom is 0.243 e. The predicted octanol–water partition coefficient (Wildman–Crippen LogP) is 3.78. The number of nitrogens with zero attached hydrogens (tertiary/aromatic N) is 1. The Labute approximate surface area is 189 Å². The van der Waals surface area contributed by atoms with Crippen molar-refractivity contribution in [2.45, 2.75) is 25.7 Å². The summed E-state index contributed by atoms with van der Waals surface area (Å²) in [5.41, 5.74) is 2.48. The van der Waals surface area contributed by atoms with E-state index in [9.17, 15) is 13.2 Å². The van der Waals surface area contributed by atoms with Crippen molar-refractivity contribution in [2.24, 2.45) is 0 Å². The zero-order valence-corrected chi connectivity index (χ0v) is 19.9. The van der Waals surface area contributed by atoms with Gasteiger partial charge in [-0.3, -0.25) is 4.79 Å². The van der Waals surface area contributed by atoms with Crippen molar-refractivity contribution in [3.05, 3.63) is 40.9 Å². The fraction of sp³-hybridized carbons (Fsp3) is 0.381. The molecule has 8 nitrogen and oxygen atoms in total. The van der Waals surface area contributed by atoms with Gasteiger partial charge in [0.25, 0.3) is 0 Å². The van der Waals surface area contributed by atoms with Gasteiger partial charge in [0.15, 0.2) is 0 Å². The molecule has 0 aromatic heterocycles. The molecule has 2 rings (SSSR count). The quantitative estimate of drug-likeness (QED) is 0.490. The smallest absolute Gasteiger partial charge is 0.243 e. The number of amides is 1. The van der Waals surface area contributed by atoms with Crippen LogP contribution in [-0.4, -0.2) is 52.4 Å². The van der Waals surface area contributed by atoms with Gasteiger partial charge in [-0.2, -0.15) is 4.31 Å². The van der Waals surface area contributed by atoms with Crippen molar-refractivity contribution in [1.82, 2.24) is 4.31 Å². The molecule has 0 saturated heterocycles. The van der Waals surface area contributed by atoms with Crippen LogP contribution >= 0.6 is 11.6 Å². The Bertz CT molecular complexity index is 1040. The number of halogens is 1. The van der Waals surface area contributed by atoms with Gasteiger partial charge in [0.2, 0.25) is 15.9 Å². The lowest BCUT2D eigenvalue weighted by atomic mass is 10.2. The highest BCUT2D eigenvalue weighted by atomic mass is 35.5. The van der Waals surface area contributed by atoms with Crippen molar-refractivity contribution in [2.75, 3.05) is 49.7 Å². The molecule has 0 unspecified atom stereocenters. The summed E-state index contributed by atoms with van der Waals surface area (Å²) >= 11 is 6.11. The van der Waals surface area contributed by atoms with Crippen molar-refractivity contribution in [3.63, 3.8) is 0 Å². The number of benzene rings is 2. The number of methoxy groups -OCH3 is 1. The third kappa shape index (κ3) is 5.81. The molecule has 0 bridgehead atoms. The van der Waals surface area contributed by atoms with Crippen molar-refractivity contribution in [3.8, 4) is 5.75 Å². The van der Waals surface area contributed by atoms with E-state index in [2.05, 4.69) is 16.0 Å². The van der Waals surface area contributed by atoms with Crippen LogP contribution < -0.4 is 20.7 Å². The zero-order chi connectivity index (χ0) is 23.2. The van der Waals surface area contributed by atoms with Gasteiger partial charge in [-0.1, -0.05) is 25.4 Å². The molecule has 0 atom stereocenters. The first-order chi connectivity index (χ1) is 14.7. The molecule has 0 saturated carbocycles. The first-order valence-electron chi connectivity index (χ1n) is 9.87. The Hall–Kier alpha value is -2.49. The molecule has 0 heterocycles. The molecule has 2 aromatic rings. The van der Waals surface area contributed by atoms with Crippen molar-refractivity contribution in [1.29, 1.82) is 0 Å². The first kappa shape index (κ1) is 24.8. The minimum absolute atomic E-state index is 0.0751. The lowest BCUT2D eigenvalue weighted by Gasteiger charge is -2.20. The van der Waals surface area contributed by atoms with E-state index in [1.807, 2.05) is 6.92 Å². The number of carbonyl (C=O) groups is 1. The molecule has 170 valence electrons. The lowest BCUT2D eigenvalue weighted by Crippen LogP contribution is -2.30. The highest BCUT2D eigenvalue weighted by Crippen LogP contribution is 2.31. The van der Waals surface area contributed by atoms with E-state index in [4.69, 9.17) is 16.3 Å². The number of sulfonamides is 1. The number of carbonyl (C=O) groups excluding carboxylic acids is 1. The van der Waals surface area contributed by atoms with Crippen LogP contribution in [0.25, 0.3) is 0 Å². The summed E-state index contributed by atoms with van der Waals surface area (Å²) in [5.74, 6) is 0.131. The van der Waals surface area contributed by atoms with Crippen LogP contribution in [0.5, 0.6) is 5.75 Å². The second kappa shape index (κ2) is 10.7. The Balaban J connectivity index is 2.21. The zero-order valence-electron chi connectivity index (χ0n) is 18.4. The van der Waals surface area contributed by atoms with E-state index in [1.54, 1.807) is 45.2 Å². The van der Waals surface area contributed by atoms with E-state index in [1.165, 1.54) is 17.5 Å². The van der Waals surface area contributed by atoms with Crippen molar-refractivity contribution >= 4 is 44.6 Å². The maximum absolute atomic E-state index is 12.8. The van der Waals surface area contributed by atoms with Gasteiger partial charge < -0.3 is 20.7 Å². The standard InChI is InChI=1S/C21H29ClN4O4S/c1-6-26(7-2)31(28,29)15-8-9-17(23-4)18(11-15)24-13-21(27)25-19-10-14(3)16(22)12-20(19)30-5/h8-12,23-24H,6-7,13H2,1-5H3,(H,25,27). The maximum atomic E-state index is 12.8. The Morgan fingerprint density at radius 2 is 1.77 bits per heavy atom. The molecule has 0 aliphatic carbocycles. The largest absolute Gasteiger partial charge is 0.495 e. The fourth-order valence-electron chi connectivity index (χ4n) is 3.06. The van der Waals surface area contributed by atoms with Gasteiger partial charge in [0, 0.05) is 31.2 Å². The topological polar surface area (TPSA) is 99.8 Å². The van der Waals surface area contributed by atoms with Crippen molar-refractivity contribution < 1.29 is 17.9 Å². The number of nitrogens with one attached hydrogen (secondary N) is 3. The van der Waals surface area contributed by atoms with Crippen LogP contribution in [0.2, 0.25) is 5.02 Å². The second-order valence-electron chi connectivity index (χ2n) is 6.75. The summed E-state index contributed by atoms with van der Waals surface area (Å²) < 4.78 is 32.3. The molecule has 0 radical (unpaired) electrons. The number of rotatable bonds is 10. The lowest BCUT2D eigenvalue weighted by molar-refractivity contribution is -0.114. The van der Waals surface area contributed by atoms with E-state index in [-0.39, 0.29) is 17.3 Å². The molecule has 31 heavy (non-hydrogen) atoms. The van der Waals surface area contributed by atoms with E-state index in [0.29, 0.717) is 40.9 Å². The van der Waals surface area contributed by atoms with Gasteiger partial charge in [-0.15, -0.1) is 0 Å². The minimum Gasteiger partial charge on any atom is -0.495 e. The van der Waals surface area contributed by atoms with Crippen LogP contribution in [0, 0.1) is 6.92 Å². The fourth-order valence-corrected chi connectivity index (χ4v) is 4.70. The van der Waals surface area contributed by atoms with Gasteiger partial charge in [-0.25, -0.2) is 8.42 Å². The molecule has 3 N–H and O–H groups in total. The average Bonchev–Trinajstić information content (AvgIpc) is 2.75. The molecular weight excluding hydrogens is 440 g/mol. The molecular formula is C21H29ClN4O4S. The van der Waals surface area contributed by atoms with Crippen LogP contribution in [0.3, 0.4) is 0 Å². The predicted molar refractivity (Wildman–Crippen MR) is 126 cm³/mol. The normalized spacial score (nSPS) is 11.3. The van der Waals surface area contributed by atoms with Crippen LogP contribution in [0.1, 0.15) is 19.4 Å². The minimum atomic E-state index is -3.62. The number of ether oxygens (including phenoxy) is 1. The van der Waals surface area contributed by atoms with Gasteiger partial charge >= 0.3 is 0 Å². The van der Waals surface area contributed by atoms with Crippen LogP contribution in [0.15, 0.2) is 35.2 Å². The first-order valence-corrected chi connectivity index (χ1v) is 11.7. The third-order valence-corrected chi connectivity index (χ3v) is 7.25. The molecule has 0 fully saturated rings. The number of hydrogen-bond donors (Lipinski definition) is 3. The van der Waals surface area contributed by atoms with Crippen LogP contribution in [-0.2, 0) is 14.8 Å². The molecule has 10 heteroatoms. The average molecular weight is 469 g/mol. The molecule has 2 aromatic carbocycles. The van der Waals surface area contributed by atoms with Gasteiger partial charge in [0.05, 0.1) is 35.6 Å². The highest BCUT2D eigenvalue weighted by molar-refractivity contribution is 7.89. The summed E-state index contributed by atoms with van der Waals surface area (Å²) in [4.78, 5) is 12.7. The number of anilines is 3.